The third-order valence-electron chi connectivity index (χ3n) is 10.7. The van der Waals surface area contributed by atoms with Crippen LogP contribution in [-0.2, 0) is 24.6 Å². The fourth-order valence-electron chi connectivity index (χ4n) is 8.81. The van der Waals surface area contributed by atoms with Crippen LogP contribution in [0.3, 0.4) is 0 Å². The monoisotopic (exact) mass is 683 g/mol. The number of phenols is 1. The molecule has 2 amide bonds. The number of ketones is 2. The van der Waals surface area contributed by atoms with Gasteiger partial charge >= 0.3 is 0 Å². The quantitative estimate of drug-likeness (QED) is 0.182. The molecule has 6 atom stereocenters. The molecule has 232 valence electrons. The molecule has 1 heterocycles. The van der Waals surface area contributed by atoms with Gasteiger partial charge in [-0.1, -0.05) is 106 Å². The van der Waals surface area contributed by atoms with Gasteiger partial charge in [-0.25, -0.2) is 0 Å². The lowest BCUT2D eigenvalue weighted by Gasteiger charge is -2.55. The first-order valence-electron chi connectivity index (χ1n) is 15.8. The van der Waals surface area contributed by atoms with Crippen LogP contribution < -0.4 is 4.90 Å². The van der Waals surface area contributed by atoms with Crippen molar-refractivity contribution in [1.29, 1.82) is 0 Å². The lowest BCUT2D eigenvalue weighted by Crippen LogP contribution is -2.58. The van der Waals surface area contributed by atoms with E-state index in [2.05, 4.69) is 15.9 Å². The Bertz CT molecular complexity index is 2020. The Morgan fingerprint density at radius 3 is 2.13 bits per heavy atom. The average molecular weight is 685 g/mol. The SMILES string of the molecule is O=C1C(c2ccccc2)=CC(=O)C2(c3ccccc3)C1CC1C(=CCC3C(=O)N(c4ccccc4)C(=O)C31)C2c1cc(Br)ccc1O. The molecule has 6 unspecified atom stereocenters. The second kappa shape index (κ2) is 11.1. The minimum absolute atomic E-state index is 0.00579. The maximum Gasteiger partial charge on any atom is 0.238 e. The number of halogens is 1. The Kier molecular flexibility index (Phi) is 6.99. The Labute approximate surface area is 280 Å². The van der Waals surface area contributed by atoms with Crippen LogP contribution in [0.1, 0.15) is 35.4 Å². The molecular formula is C40H30BrNO5. The standard InChI is InChI=1S/C40H30BrNO5/c41-25-16-19-33(43)31(20-25)36-27-17-18-28-35(39(47)42(38(28)46)26-14-8-3-9-15-26)30(27)21-32-37(45)29(23-10-4-1-5-11-23)22-34(44)40(32,36)24-12-6-2-7-13-24/h1-17,19-20,22,28,30,32,35-36,43H,18,21H2. The van der Waals surface area contributed by atoms with Crippen molar-refractivity contribution in [3.8, 4) is 5.75 Å². The summed E-state index contributed by atoms with van der Waals surface area (Å²) < 4.78 is 0.707. The van der Waals surface area contributed by atoms with Crippen molar-refractivity contribution < 1.29 is 24.3 Å². The number of benzene rings is 4. The molecule has 1 aliphatic heterocycles. The highest BCUT2D eigenvalue weighted by Gasteiger charge is 2.66. The third kappa shape index (κ3) is 4.29. The first-order chi connectivity index (χ1) is 22.8. The lowest BCUT2D eigenvalue weighted by atomic mass is 9.44. The maximum absolute atomic E-state index is 15.0. The number of allylic oxidation sites excluding steroid dienone is 4. The molecule has 1 N–H and O–H groups in total. The Morgan fingerprint density at radius 1 is 0.766 bits per heavy atom. The van der Waals surface area contributed by atoms with Crippen LogP contribution in [0.25, 0.3) is 5.57 Å². The summed E-state index contributed by atoms with van der Waals surface area (Å²) in [5, 5.41) is 11.5. The number of imide groups is 1. The van der Waals surface area contributed by atoms with Crippen LogP contribution in [0.15, 0.2) is 131 Å². The first-order valence-corrected chi connectivity index (χ1v) is 16.6. The molecule has 1 saturated heterocycles. The highest BCUT2D eigenvalue weighted by atomic mass is 79.9. The molecule has 0 radical (unpaired) electrons. The van der Waals surface area contributed by atoms with Gasteiger partial charge in [0, 0.05) is 27.4 Å². The van der Waals surface area contributed by atoms with Crippen LogP contribution in [0, 0.1) is 23.7 Å². The molecule has 8 rings (SSSR count). The van der Waals surface area contributed by atoms with E-state index in [4.69, 9.17) is 0 Å². The van der Waals surface area contributed by atoms with Crippen molar-refractivity contribution in [2.45, 2.75) is 24.2 Å². The summed E-state index contributed by atoms with van der Waals surface area (Å²) in [4.78, 5) is 59.5. The largest absolute Gasteiger partial charge is 0.508 e. The van der Waals surface area contributed by atoms with E-state index in [0.29, 0.717) is 38.8 Å². The van der Waals surface area contributed by atoms with Gasteiger partial charge < -0.3 is 5.11 Å². The van der Waals surface area contributed by atoms with E-state index in [1.165, 1.54) is 11.0 Å². The van der Waals surface area contributed by atoms with Crippen LogP contribution >= 0.6 is 15.9 Å². The minimum Gasteiger partial charge on any atom is -0.508 e. The zero-order valence-electron chi connectivity index (χ0n) is 25.3. The van der Waals surface area contributed by atoms with Crippen molar-refractivity contribution in [3.05, 3.63) is 148 Å². The number of fused-ring (bicyclic) bond motifs is 4. The number of nitrogens with zero attached hydrogens (tertiary/aromatic N) is 1. The number of carbonyl (C=O) groups is 4. The van der Waals surface area contributed by atoms with Gasteiger partial charge in [-0.15, -0.1) is 0 Å². The van der Waals surface area contributed by atoms with Crippen molar-refractivity contribution in [2.75, 3.05) is 4.90 Å². The topological polar surface area (TPSA) is 91.8 Å². The molecule has 4 aromatic carbocycles. The Hall–Kier alpha value is -4.88. The molecule has 1 saturated carbocycles. The summed E-state index contributed by atoms with van der Waals surface area (Å²) in [6, 6.07) is 32.6. The zero-order valence-corrected chi connectivity index (χ0v) is 26.8. The smallest absolute Gasteiger partial charge is 0.238 e. The Morgan fingerprint density at radius 2 is 1.43 bits per heavy atom. The third-order valence-corrected chi connectivity index (χ3v) is 11.2. The molecular weight excluding hydrogens is 654 g/mol. The van der Waals surface area contributed by atoms with Gasteiger partial charge in [-0.05, 0) is 66.3 Å². The summed E-state index contributed by atoms with van der Waals surface area (Å²) in [5.74, 6) is -4.39. The summed E-state index contributed by atoms with van der Waals surface area (Å²) >= 11 is 3.58. The molecule has 3 aliphatic carbocycles. The number of hydrogen-bond donors (Lipinski definition) is 1. The van der Waals surface area contributed by atoms with Crippen molar-refractivity contribution in [2.24, 2.45) is 23.7 Å². The van der Waals surface area contributed by atoms with E-state index < -0.39 is 35.0 Å². The van der Waals surface area contributed by atoms with Crippen LogP contribution in [0.5, 0.6) is 5.75 Å². The molecule has 4 aliphatic rings. The predicted octanol–water partition coefficient (Wildman–Crippen LogP) is 7.18. The second-order valence-corrected chi connectivity index (χ2v) is 13.8. The van der Waals surface area contributed by atoms with Crippen LogP contribution in [-0.4, -0.2) is 28.5 Å². The van der Waals surface area contributed by atoms with Gasteiger partial charge in [-0.3, -0.25) is 24.1 Å². The van der Waals surface area contributed by atoms with Crippen molar-refractivity contribution in [3.63, 3.8) is 0 Å². The highest BCUT2D eigenvalue weighted by molar-refractivity contribution is 9.10. The minimum atomic E-state index is -1.39. The normalized spacial score (nSPS) is 28.3. The summed E-state index contributed by atoms with van der Waals surface area (Å²) in [7, 11) is 0. The van der Waals surface area contributed by atoms with Gasteiger partial charge in [0.2, 0.25) is 11.8 Å². The highest BCUT2D eigenvalue weighted by Crippen LogP contribution is 2.64. The Balaban J connectivity index is 1.38. The van der Waals surface area contributed by atoms with E-state index >= 15 is 4.79 Å². The molecule has 0 spiro atoms. The zero-order chi connectivity index (χ0) is 32.4. The number of aromatic hydroxyl groups is 1. The number of anilines is 1. The molecule has 2 fully saturated rings. The fraction of sp³-hybridized carbons (Fsp3) is 0.200. The lowest BCUT2D eigenvalue weighted by molar-refractivity contribution is -0.135. The molecule has 7 heteroatoms. The fourth-order valence-corrected chi connectivity index (χ4v) is 9.19. The molecule has 0 aromatic heterocycles. The van der Waals surface area contributed by atoms with Crippen molar-refractivity contribution in [1.82, 2.24) is 0 Å². The van der Waals surface area contributed by atoms with Gasteiger partial charge in [-0.2, -0.15) is 0 Å². The van der Waals surface area contributed by atoms with Gasteiger partial charge in [0.25, 0.3) is 0 Å². The summed E-state index contributed by atoms with van der Waals surface area (Å²) in [6.07, 6.45) is 4.02. The number of hydrogen-bond acceptors (Lipinski definition) is 5. The van der Waals surface area contributed by atoms with Gasteiger partial charge in [0.05, 0.1) is 22.9 Å². The van der Waals surface area contributed by atoms with Crippen LogP contribution in [0.2, 0.25) is 0 Å². The van der Waals surface area contributed by atoms with Crippen LogP contribution in [0.4, 0.5) is 5.69 Å². The summed E-state index contributed by atoms with van der Waals surface area (Å²) in [6.45, 7) is 0. The summed E-state index contributed by atoms with van der Waals surface area (Å²) in [5.41, 5.74) is 2.10. The number of Topliss-reactive ketones (excluding diaryl/α,β-unsaturated/α-hetero) is 1. The number of phenolic OH excluding ortho intramolecular Hbond substituents is 1. The first kappa shape index (κ1) is 29.5. The maximum atomic E-state index is 15.0. The molecule has 6 nitrogen and oxygen atoms in total. The molecule has 4 aromatic rings. The second-order valence-electron chi connectivity index (χ2n) is 12.8. The number of carbonyl (C=O) groups excluding carboxylic acids is 4. The number of amides is 2. The number of para-hydroxylation sites is 1. The number of rotatable bonds is 4. The van der Waals surface area contributed by atoms with Gasteiger partial charge in [0.1, 0.15) is 5.75 Å². The van der Waals surface area contributed by atoms with Gasteiger partial charge in [0.15, 0.2) is 11.6 Å². The van der Waals surface area contributed by atoms with E-state index in [9.17, 15) is 19.5 Å². The average Bonchev–Trinajstić information content (AvgIpc) is 3.36. The van der Waals surface area contributed by atoms with E-state index in [-0.39, 0.29) is 35.6 Å². The van der Waals surface area contributed by atoms with Crippen molar-refractivity contribution >= 4 is 50.6 Å². The molecule has 0 bridgehead atoms. The van der Waals surface area contributed by atoms with E-state index in [1.54, 1.807) is 36.4 Å². The van der Waals surface area contributed by atoms with E-state index in [1.807, 2.05) is 78.9 Å². The predicted molar refractivity (Wildman–Crippen MR) is 181 cm³/mol. The molecule has 47 heavy (non-hydrogen) atoms. The van der Waals surface area contributed by atoms with E-state index in [0.717, 1.165) is 5.57 Å².